The predicted octanol–water partition coefficient (Wildman–Crippen LogP) is 2.26. The third kappa shape index (κ3) is 1.38. The first-order valence-corrected chi connectivity index (χ1v) is 4.44. The first kappa shape index (κ1) is 8.78. The van der Waals surface area contributed by atoms with Gasteiger partial charge in [-0.1, -0.05) is 11.6 Å². The minimum absolute atomic E-state index is 0.0877. The van der Waals surface area contributed by atoms with Gasteiger partial charge in [0.1, 0.15) is 11.6 Å². The molecule has 1 atom stereocenters. The van der Waals surface area contributed by atoms with Crippen LogP contribution in [-0.2, 0) is 0 Å². The molecule has 0 saturated heterocycles. The molecule has 1 aromatic carbocycles. The van der Waals surface area contributed by atoms with Crippen LogP contribution in [0, 0.1) is 5.82 Å². The van der Waals surface area contributed by atoms with Crippen molar-refractivity contribution in [2.24, 2.45) is 5.73 Å². The summed E-state index contributed by atoms with van der Waals surface area (Å²) >= 11 is 5.77. The van der Waals surface area contributed by atoms with Crippen LogP contribution in [0.25, 0.3) is 0 Å². The highest BCUT2D eigenvalue weighted by molar-refractivity contribution is 6.31. The normalized spacial score (nSPS) is 20.7. The Morgan fingerprint density at radius 2 is 2.31 bits per heavy atom. The molecule has 0 bridgehead atoms. The van der Waals surface area contributed by atoms with E-state index in [1.807, 2.05) is 0 Å². The lowest BCUT2D eigenvalue weighted by Gasteiger charge is -2.23. The lowest BCUT2D eigenvalue weighted by Crippen LogP contribution is -2.21. The summed E-state index contributed by atoms with van der Waals surface area (Å²) in [6, 6.07) is 2.64. The van der Waals surface area contributed by atoms with E-state index in [1.54, 1.807) is 6.07 Å². The largest absolute Gasteiger partial charge is 0.493 e. The molecule has 4 heteroatoms. The van der Waals surface area contributed by atoms with Gasteiger partial charge in [-0.3, -0.25) is 0 Å². The number of hydrogen-bond donors (Lipinski definition) is 1. The Kier molecular flexibility index (Phi) is 2.14. The van der Waals surface area contributed by atoms with E-state index in [1.165, 1.54) is 6.07 Å². The number of fused-ring (bicyclic) bond motifs is 1. The zero-order valence-electron chi connectivity index (χ0n) is 6.89. The van der Waals surface area contributed by atoms with E-state index < -0.39 is 5.82 Å². The first-order chi connectivity index (χ1) is 6.20. The predicted molar refractivity (Wildman–Crippen MR) is 48.5 cm³/mol. The van der Waals surface area contributed by atoms with Gasteiger partial charge in [0, 0.05) is 18.0 Å². The molecular weight excluding hydrogens is 193 g/mol. The van der Waals surface area contributed by atoms with Gasteiger partial charge in [-0.15, -0.1) is 0 Å². The molecule has 0 aromatic heterocycles. The molecule has 0 radical (unpaired) electrons. The van der Waals surface area contributed by atoms with Crippen LogP contribution in [-0.4, -0.2) is 6.61 Å². The van der Waals surface area contributed by atoms with Crippen LogP contribution in [0.5, 0.6) is 5.75 Å². The van der Waals surface area contributed by atoms with Crippen molar-refractivity contribution in [1.29, 1.82) is 0 Å². The van der Waals surface area contributed by atoms with Crippen molar-refractivity contribution < 1.29 is 9.13 Å². The highest BCUT2D eigenvalue weighted by Crippen LogP contribution is 2.37. The van der Waals surface area contributed by atoms with E-state index in [-0.39, 0.29) is 11.1 Å². The van der Waals surface area contributed by atoms with Crippen LogP contribution in [0.1, 0.15) is 18.0 Å². The van der Waals surface area contributed by atoms with Crippen LogP contribution in [0.15, 0.2) is 12.1 Å². The lowest BCUT2D eigenvalue weighted by atomic mass is 10.0. The summed E-state index contributed by atoms with van der Waals surface area (Å²) in [5.74, 6) is 0.159. The molecule has 1 aliphatic rings. The number of rotatable bonds is 0. The Hall–Kier alpha value is -0.800. The summed E-state index contributed by atoms with van der Waals surface area (Å²) in [6.45, 7) is 0.566. The van der Waals surface area contributed by atoms with Crippen molar-refractivity contribution in [3.8, 4) is 5.75 Å². The minimum atomic E-state index is -0.443. The summed E-state index contributed by atoms with van der Waals surface area (Å²) in [5, 5.41) is 0.0877. The fourth-order valence-corrected chi connectivity index (χ4v) is 1.76. The number of benzene rings is 1. The average Bonchev–Trinajstić information content (AvgIpc) is 2.12. The second-order valence-electron chi connectivity index (χ2n) is 3.02. The van der Waals surface area contributed by atoms with Crippen molar-refractivity contribution in [3.63, 3.8) is 0 Å². The summed E-state index contributed by atoms with van der Waals surface area (Å²) < 4.78 is 18.3. The SMILES string of the molecule is NC1CCOc2ccc(F)c(Cl)c21. The quantitative estimate of drug-likeness (QED) is 0.699. The monoisotopic (exact) mass is 201 g/mol. The van der Waals surface area contributed by atoms with Crippen LogP contribution in [0.2, 0.25) is 5.02 Å². The summed E-state index contributed by atoms with van der Waals surface area (Å²) in [6.07, 6.45) is 0.677. The van der Waals surface area contributed by atoms with Crippen molar-refractivity contribution >= 4 is 11.6 Å². The van der Waals surface area contributed by atoms with Gasteiger partial charge in [0.2, 0.25) is 0 Å². The molecule has 13 heavy (non-hydrogen) atoms. The van der Waals surface area contributed by atoms with E-state index in [0.717, 1.165) is 0 Å². The van der Waals surface area contributed by atoms with Crippen molar-refractivity contribution in [2.45, 2.75) is 12.5 Å². The van der Waals surface area contributed by atoms with Gasteiger partial charge in [-0.05, 0) is 12.1 Å². The molecule has 1 aliphatic heterocycles. The van der Waals surface area contributed by atoms with Crippen molar-refractivity contribution in [2.75, 3.05) is 6.61 Å². The molecule has 0 fully saturated rings. The summed E-state index contributed by atoms with van der Waals surface area (Å²) in [5.41, 5.74) is 6.38. The van der Waals surface area contributed by atoms with Crippen molar-refractivity contribution in [3.05, 3.63) is 28.5 Å². The van der Waals surface area contributed by atoms with E-state index in [2.05, 4.69) is 0 Å². The fourth-order valence-electron chi connectivity index (χ4n) is 1.46. The molecule has 2 rings (SSSR count). The molecular formula is C9H9ClFNO. The van der Waals surface area contributed by atoms with Gasteiger partial charge in [0.25, 0.3) is 0 Å². The highest BCUT2D eigenvalue weighted by Gasteiger charge is 2.22. The Balaban J connectivity index is 2.58. The van der Waals surface area contributed by atoms with Gasteiger partial charge >= 0.3 is 0 Å². The maximum Gasteiger partial charge on any atom is 0.142 e. The zero-order chi connectivity index (χ0) is 9.42. The van der Waals surface area contributed by atoms with Crippen LogP contribution in [0.3, 0.4) is 0 Å². The Morgan fingerprint density at radius 3 is 3.08 bits per heavy atom. The first-order valence-electron chi connectivity index (χ1n) is 4.06. The van der Waals surface area contributed by atoms with Gasteiger partial charge in [0.05, 0.1) is 11.6 Å². The minimum Gasteiger partial charge on any atom is -0.493 e. The molecule has 2 N–H and O–H groups in total. The van der Waals surface area contributed by atoms with E-state index in [4.69, 9.17) is 22.1 Å². The van der Waals surface area contributed by atoms with Gasteiger partial charge < -0.3 is 10.5 Å². The number of ether oxygens (including phenoxy) is 1. The third-order valence-electron chi connectivity index (χ3n) is 2.15. The maximum atomic E-state index is 13.0. The second kappa shape index (κ2) is 3.16. The van der Waals surface area contributed by atoms with Crippen LogP contribution >= 0.6 is 11.6 Å². The van der Waals surface area contributed by atoms with Gasteiger partial charge in [-0.2, -0.15) is 0 Å². The smallest absolute Gasteiger partial charge is 0.142 e. The van der Waals surface area contributed by atoms with Gasteiger partial charge in [0.15, 0.2) is 0 Å². The molecule has 0 amide bonds. The number of hydrogen-bond acceptors (Lipinski definition) is 2. The molecule has 0 saturated carbocycles. The Morgan fingerprint density at radius 1 is 1.54 bits per heavy atom. The molecule has 1 aromatic rings. The molecule has 70 valence electrons. The van der Waals surface area contributed by atoms with E-state index in [9.17, 15) is 4.39 Å². The Labute approximate surface area is 80.4 Å². The van der Waals surface area contributed by atoms with Crippen LogP contribution < -0.4 is 10.5 Å². The fraction of sp³-hybridized carbons (Fsp3) is 0.333. The number of halogens is 2. The number of nitrogens with two attached hydrogens (primary N) is 1. The Bertz CT molecular complexity index is 343. The topological polar surface area (TPSA) is 35.2 Å². The molecule has 1 unspecified atom stereocenters. The summed E-state index contributed by atoms with van der Waals surface area (Å²) in [4.78, 5) is 0. The molecule has 0 spiro atoms. The lowest BCUT2D eigenvalue weighted by molar-refractivity contribution is 0.268. The van der Waals surface area contributed by atoms with E-state index >= 15 is 0 Å². The van der Waals surface area contributed by atoms with Crippen LogP contribution in [0.4, 0.5) is 4.39 Å². The van der Waals surface area contributed by atoms with Gasteiger partial charge in [-0.25, -0.2) is 4.39 Å². The zero-order valence-corrected chi connectivity index (χ0v) is 7.64. The second-order valence-corrected chi connectivity index (χ2v) is 3.39. The summed E-state index contributed by atoms with van der Waals surface area (Å²) in [7, 11) is 0. The average molecular weight is 202 g/mol. The van der Waals surface area contributed by atoms with Crippen molar-refractivity contribution in [1.82, 2.24) is 0 Å². The molecule has 1 heterocycles. The van der Waals surface area contributed by atoms with E-state index in [0.29, 0.717) is 24.3 Å². The molecule has 2 nitrogen and oxygen atoms in total. The standard InChI is InChI=1S/C9H9ClFNO/c10-9-5(11)1-2-7-8(9)6(12)3-4-13-7/h1-2,6H,3-4,12H2. The maximum absolute atomic E-state index is 13.0. The third-order valence-corrected chi connectivity index (χ3v) is 2.53. The highest BCUT2D eigenvalue weighted by atomic mass is 35.5. The molecule has 0 aliphatic carbocycles.